The van der Waals surface area contributed by atoms with E-state index in [9.17, 15) is 4.79 Å². The topological polar surface area (TPSA) is 87.1 Å². The molecule has 0 bridgehead atoms. The second-order valence-corrected chi connectivity index (χ2v) is 3.93. The second-order valence-electron chi connectivity index (χ2n) is 3.93. The van der Waals surface area contributed by atoms with E-state index in [2.05, 4.69) is 20.8 Å². The van der Waals surface area contributed by atoms with Gasteiger partial charge in [-0.3, -0.25) is 4.79 Å². The summed E-state index contributed by atoms with van der Waals surface area (Å²) in [5.74, 6) is 0.391. The van der Waals surface area contributed by atoms with Crippen LogP contribution in [0.5, 0.6) is 0 Å². The Morgan fingerprint density at radius 3 is 2.67 bits per heavy atom. The molecule has 100 valence electrons. The Hall–Kier alpha value is -1.69. The van der Waals surface area contributed by atoms with E-state index in [1.165, 1.54) is 0 Å². The first-order valence-corrected chi connectivity index (χ1v) is 6.20. The minimum atomic E-state index is -0.223. The maximum absolute atomic E-state index is 11.5. The van der Waals surface area contributed by atoms with Crippen molar-refractivity contribution in [1.82, 2.24) is 15.5 Å². The average molecular weight is 252 g/mol. The van der Waals surface area contributed by atoms with Crippen molar-refractivity contribution in [2.75, 3.05) is 18.5 Å². The molecule has 0 spiro atoms. The fourth-order valence-electron chi connectivity index (χ4n) is 1.52. The summed E-state index contributed by atoms with van der Waals surface area (Å²) in [7, 11) is 0. The van der Waals surface area contributed by atoms with E-state index in [1.807, 2.05) is 13.8 Å². The minimum Gasteiger partial charge on any atom is -0.396 e. The molecule has 6 nitrogen and oxygen atoms in total. The van der Waals surface area contributed by atoms with E-state index in [4.69, 9.17) is 5.11 Å². The highest BCUT2D eigenvalue weighted by atomic mass is 16.3. The summed E-state index contributed by atoms with van der Waals surface area (Å²) >= 11 is 0. The van der Waals surface area contributed by atoms with Gasteiger partial charge in [-0.15, -0.1) is 10.2 Å². The van der Waals surface area contributed by atoms with E-state index < -0.39 is 0 Å². The number of rotatable bonds is 7. The third-order valence-electron chi connectivity index (χ3n) is 2.56. The zero-order valence-corrected chi connectivity index (χ0v) is 10.8. The van der Waals surface area contributed by atoms with Crippen LogP contribution < -0.4 is 10.6 Å². The zero-order chi connectivity index (χ0) is 13.4. The molecule has 6 heteroatoms. The molecule has 1 heterocycles. The summed E-state index contributed by atoms with van der Waals surface area (Å²) < 4.78 is 0. The normalized spacial score (nSPS) is 11.9. The van der Waals surface area contributed by atoms with Crippen LogP contribution >= 0.6 is 0 Å². The van der Waals surface area contributed by atoms with E-state index in [0.717, 1.165) is 6.42 Å². The number of hydrogen-bond donors (Lipinski definition) is 3. The van der Waals surface area contributed by atoms with Crippen molar-refractivity contribution in [3.8, 4) is 0 Å². The Morgan fingerprint density at radius 2 is 2.17 bits per heavy atom. The van der Waals surface area contributed by atoms with E-state index >= 15 is 0 Å². The summed E-state index contributed by atoms with van der Waals surface area (Å²) in [6.45, 7) is 4.58. The molecule has 0 saturated heterocycles. The molecule has 3 N–H and O–H groups in total. The maximum Gasteiger partial charge on any atom is 0.271 e. The fraction of sp³-hybridized carbons (Fsp3) is 0.583. The Bertz CT molecular complexity index is 367. The molecular weight excluding hydrogens is 232 g/mol. The molecule has 0 saturated carbocycles. The number of amides is 1. The highest BCUT2D eigenvalue weighted by molar-refractivity contribution is 5.92. The van der Waals surface area contributed by atoms with Crippen molar-refractivity contribution in [3.63, 3.8) is 0 Å². The predicted octanol–water partition coefficient (Wildman–Crippen LogP) is 0.799. The van der Waals surface area contributed by atoms with Crippen molar-refractivity contribution in [3.05, 3.63) is 17.8 Å². The van der Waals surface area contributed by atoms with Crippen molar-refractivity contribution >= 4 is 11.7 Å². The van der Waals surface area contributed by atoms with Gasteiger partial charge < -0.3 is 15.7 Å². The van der Waals surface area contributed by atoms with Crippen molar-refractivity contribution in [2.45, 2.75) is 32.7 Å². The van der Waals surface area contributed by atoms with Crippen LogP contribution in [0.1, 0.15) is 37.2 Å². The van der Waals surface area contributed by atoms with Gasteiger partial charge in [0.1, 0.15) is 5.82 Å². The van der Waals surface area contributed by atoms with Crippen molar-refractivity contribution in [2.24, 2.45) is 0 Å². The van der Waals surface area contributed by atoms with Gasteiger partial charge in [-0.05, 0) is 31.9 Å². The number of aliphatic hydroxyl groups excluding tert-OH is 1. The van der Waals surface area contributed by atoms with Crippen LogP contribution in [0.3, 0.4) is 0 Å². The first-order chi connectivity index (χ1) is 8.71. The number of carbonyl (C=O) groups is 1. The number of nitrogens with one attached hydrogen (secondary N) is 2. The Morgan fingerprint density at radius 1 is 1.39 bits per heavy atom. The van der Waals surface area contributed by atoms with Crippen LogP contribution in [0, 0.1) is 0 Å². The number of aliphatic hydroxyl groups is 1. The first kappa shape index (κ1) is 14.4. The molecule has 0 fully saturated rings. The molecule has 1 aromatic heterocycles. The molecule has 1 atom stereocenters. The van der Waals surface area contributed by atoms with Gasteiger partial charge in [0.15, 0.2) is 5.69 Å². The Balaban J connectivity index is 2.62. The van der Waals surface area contributed by atoms with Crippen molar-refractivity contribution in [1.29, 1.82) is 0 Å². The molecule has 0 radical (unpaired) electrons. The molecule has 0 aromatic carbocycles. The van der Waals surface area contributed by atoms with Gasteiger partial charge in [0, 0.05) is 19.2 Å². The van der Waals surface area contributed by atoms with Gasteiger partial charge in [-0.25, -0.2) is 0 Å². The standard InChI is InChI=1S/C12H20N4O2/c1-3-9(7-8-17)14-11-6-5-10(15-16-11)12(18)13-4-2/h5-6,9,17H,3-4,7-8H2,1-2H3,(H,13,18)(H,14,16). The van der Waals surface area contributed by atoms with Gasteiger partial charge in [-0.1, -0.05) is 6.92 Å². The monoisotopic (exact) mass is 252 g/mol. The number of hydrogen-bond acceptors (Lipinski definition) is 5. The van der Waals surface area contributed by atoms with Gasteiger partial charge in [0.2, 0.25) is 0 Å². The highest BCUT2D eigenvalue weighted by Gasteiger charge is 2.09. The summed E-state index contributed by atoms with van der Waals surface area (Å²) in [5.41, 5.74) is 0.303. The van der Waals surface area contributed by atoms with Crippen LogP contribution in [0.2, 0.25) is 0 Å². The Kier molecular flexibility index (Phi) is 6.07. The molecule has 1 amide bonds. The molecule has 1 rings (SSSR count). The van der Waals surface area contributed by atoms with Crippen LogP contribution in [0.25, 0.3) is 0 Å². The second kappa shape index (κ2) is 7.60. The molecule has 1 aromatic rings. The lowest BCUT2D eigenvalue weighted by molar-refractivity contribution is 0.0950. The van der Waals surface area contributed by atoms with Crippen LogP contribution in [-0.4, -0.2) is 40.4 Å². The lowest BCUT2D eigenvalue weighted by Gasteiger charge is -2.15. The first-order valence-electron chi connectivity index (χ1n) is 6.20. The molecule has 18 heavy (non-hydrogen) atoms. The van der Waals surface area contributed by atoms with E-state index in [1.54, 1.807) is 12.1 Å². The fourth-order valence-corrected chi connectivity index (χ4v) is 1.52. The summed E-state index contributed by atoms with van der Waals surface area (Å²) in [5, 5.41) is 22.5. The van der Waals surface area contributed by atoms with E-state index in [-0.39, 0.29) is 18.6 Å². The lowest BCUT2D eigenvalue weighted by Crippen LogP contribution is -2.25. The Labute approximate surface area is 107 Å². The number of aromatic nitrogens is 2. The van der Waals surface area contributed by atoms with Gasteiger partial charge in [0.25, 0.3) is 5.91 Å². The quantitative estimate of drug-likeness (QED) is 0.668. The third-order valence-corrected chi connectivity index (χ3v) is 2.56. The maximum atomic E-state index is 11.5. The highest BCUT2D eigenvalue weighted by Crippen LogP contribution is 2.08. The molecular formula is C12H20N4O2. The van der Waals surface area contributed by atoms with Crippen LogP contribution in [0.4, 0.5) is 5.82 Å². The molecule has 0 aliphatic rings. The predicted molar refractivity (Wildman–Crippen MR) is 69.4 cm³/mol. The number of carbonyl (C=O) groups excluding carboxylic acids is 1. The molecule has 0 aliphatic carbocycles. The van der Waals surface area contributed by atoms with E-state index in [0.29, 0.717) is 24.5 Å². The number of nitrogens with zero attached hydrogens (tertiary/aromatic N) is 2. The van der Waals surface area contributed by atoms with Gasteiger partial charge in [-0.2, -0.15) is 0 Å². The van der Waals surface area contributed by atoms with Crippen molar-refractivity contribution < 1.29 is 9.90 Å². The molecule has 0 aliphatic heterocycles. The molecule has 1 unspecified atom stereocenters. The average Bonchev–Trinajstić information content (AvgIpc) is 2.39. The number of anilines is 1. The smallest absolute Gasteiger partial charge is 0.271 e. The minimum absolute atomic E-state index is 0.135. The van der Waals surface area contributed by atoms with Crippen LogP contribution in [0.15, 0.2) is 12.1 Å². The lowest BCUT2D eigenvalue weighted by atomic mass is 10.1. The summed E-state index contributed by atoms with van der Waals surface area (Å²) in [6, 6.07) is 3.52. The largest absolute Gasteiger partial charge is 0.396 e. The SMILES string of the molecule is CCNC(=O)c1ccc(NC(CC)CCO)nn1. The van der Waals surface area contributed by atoms with Gasteiger partial charge >= 0.3 is 0 Å². The van der Waals surface area contributed by atoms with Gasteiger partial charge in [0.05, 0.1) is 0 Å². The summed E-state index contributed by atoms with van der Waals surface area (Å²) in [6.07, 6.45) is 1.55. The summed E-state index contributed by atoms with van der Waals surface area (Å²) in [4.78, 5) is 11.5. The zero-order valence-electron chi connectivity index (χ0n) is 10.8. The van der Waals surface area contributed by atoms with Crippen LogP contribution in [-0.2, 0) is 0 Å². The third kappa shape index (κ3) is 4.29.